The summed E-state index contributed by atoms with van der Waals surface area (Å²) in [5, 5.41) is 3.35. The molecule has 1 saturated carbocycles. The van der Waals surface area contributed by atoms with Gasteiger partial charge in [-0.05, 0) is 31.7 Å². The van der Waals surface area contributed by atoms with Crippen molar-refractivity contribution < 1.29 is 4.74 Å². The Labute approximate surface area is 97.0 Å². The first-order valence-electron chi connectivity index (χ1n) is 6.18. The van der Waals surface area contributed by atoms with Gasteiger partial charge in [0.25, 0.3) is 0 Å². The molecule has 1 heterocycles. The largest absolute Gasteiger partial charge is 0.360 e. The third kappa shape index (κ3) is 3.61. The summed E-state index contributed by atoms with van der Waals surface area (Å²) < 4.78 is 7.72. The molecule has 4 heteroatoms. The second-order valence-electron chi connectivity index (χ2n) is 4.43. The van der Waals surface area contributed by atoms with E-state index in [4.69, 9.17) is 4.74 Å². The van der Waals surface area contributed by atoms with Crippen LogP contribution in [0.25, 0.3) is 0 Å². The lowest BCUT2D eigenvalue weighted by Gasteiger charge is -2.09. The molecule has 4 nitrogen and oxygen atoms in total. The highest BCUT2D eigenvalue weighted by atomic mass is 16.5. The van der Waals surface area contributed by atoms with Crippen molar-refractivity contribution in [3.05, 3.63) is 18.2 Å². The van der Waals surface area contributed by atoms with Gasteiger partial charge in [-0.15, -0.1) is 0 Å². The van der Waals surface area contributed by atoms with Crippen molar-refractivity contribution in [2.45, 2.75) is 39.5 Å². The van der Waals surface area contributed by atoms with Crippen molar-refractivity contribution in [1.82, 2.24) is 14.9 Å². The smallest absolute Gasteiger partial charge is 0.124 e. The van der Waals surface area contributed by atoms with E-state index in [-0.39, 0.29) is 0 Å². The highest BCUT2D eigenvalue weighted by molar-refractivity contribution is 4.91. The predicted molar refractivity (Wildman–Crippen MR) is 62.9 cm³/mol. The quantitative estimate of drug-likeness (QED) is 0.683. The average molecular weight is 223 g/mol. The Morgan fingerprint density at radius 3 is 3.19 bits per heavy atom. The summed E-state index contributed by atoms with van der Waals surface area (Å²) in [6, 6.07) is 0. The molecule has 0 spiro atoms. The maximum absolute atomic E-state index is 5.64. The lowest BCUT2D eigenvalue weighted by atomic mass is 10.4. The number of aromatic nitrogens is 2. The number of nitrogens with zero attached hydrogens (tertiary/aromatic N) is 2. The first kappa shape index (κ1) is 11.6. The number of rotatable bonds is 8. The van der Waals surface area contributed by atoms with E-state index in [1.54, 1.807) is 0 Å². The molecule has 0 bridgehead atoms. The van der Waals surface area contributed by atoms with E-state index in [1.807, 2.05) is 12.4 Å². The Bertz CT molecular complexity index is 307. The van der Waals surface area contributed by atoms with E-state index in [2.05, 4.69) is 21.8 Å². The maximum atomic E-state index is 5.64. The van der Waals surface area contributed by atoms with Gasteiger partial charge in [0, 0.05) is 12.4 Å². The van der Waals surface area contributed by atoms with Crippen LogP contribution in [0.4, 0.5) is 0 Å². The van der Waals surface area contributed by atoms with Crippen LogP contribution in [0.5, 0.6) is 0 Å². The van der Waals surface area contributed by atoms with Crippen molar-refractivity contribution in [2.75, 3.05) is 13.2 Å². The van der Waals surface area contributed by atoms with Crippen LogP contribution in [-0.4, -0.2) is 22.7 Å². The fourth-order valence-corrected chi connectivity index (χ4v) is 1.60. The van der Waals surface area contributed by atoms with Crippen LogP contribution in [0.1, 0.15) is 32.0 Å². The van der Waals surface area contributed by atoms with Gasteiger partial charge in [0.15, 0.2) is 0 Å². The van der Waals surface area contributed by atoms with E-state index in [0.717, 1.165) is 37.9 Å². The minimum Gasteiger partial charge on any atom is -0.360 e. The maximum Gasteiger partial charge on any atom is 0.124 e. The molecule has 1 aromatic rings. The molecule has 1 N–H and O–H groups in total. The first-order valence-corrected chi connectivity index (χ1v) is 6.18. The summed E-state index contributed by atoms with van der Waals surface area (Å²) in [5.41, 5.74) is 0. The summed E-state index contributed by atoms with van der Waals surface area (Å²) in [6.07, 6.45) is 7.65. The zero-order valence-corrected chi connectivity index (χ0v) is 9.98. The van der Waals surface area contributed by atoms with Gasteiger partial charge in [-0.1, -0.05) is 6.92 Å². The van der Waals surface area contributed by atoms with Gasteiger partial charge in [0.1, 0.15) is 12.6 Å². The van der Waals surface area contributed by atoms with Crippen molar-refractivity contribution in [2.24, 2.45) is 5.92 Å². The number of imidazole rings is 1. The van der Waals surface area contributed by atoms with Gasteiger partial charge >= 0.3 is 0 Å². The summed E-state index contributed by atoms with van der Waals surface area (Å²) in [7, 11) is 0. The molecule has 2 rings (SSSR count). The standard InChI is InChI=1S/C12H21N3O/c1-2-5-13-8-12-14-6-7-15(12)10-16-9-11-3-4-11/h6-7,11,13H,2-5,8-10H2,1H3. The molecule has 1 fully saturated rings. The zero-order chi connectivity index (χ0) is 11.2. The van der Waals surface area contributed by atoms with Gasteiger partial charge in [-0.2, -0.15) is 0 Å². The minimum absolute atomic E-state index is 0.639. The van der Waals surface area contributed by atoms with Crippen LogP contribution in [0, 0.1) is 5.92 Å². The van der Waals surface area contributed by atoms with E-state index in [9.17, 15) is 0 Å². The van der Waals surface area contributed by atoms with Gasteiger partial charge in [0.05, 0.1) is 13.2 Å². The number of nitrogens with one attached hydrogen (secondary N) is 1. The fraction of sp³-hybridized carbons (Fsp3) is 0.750. The van der Waals surface area contributed by atoms with E-state index < -0.39 is 0 Å². The van der Waals surface area contributed by atoms with E-state index >= 15 is 0 Å². The average Bonchev–Trinajstić information content (AvgIpc) is 3.00. The predicted octanol–water partition coefficient (Wildman–Crippen LogP) is 1.77. The molecule has 16 heavy (non-hydrogen) atoms. The summed E-state index contributed by atoms with van der Waals surface area (Å²) >= 11 is 0. The monoisotopic (exact) mass is 223 g/mol. The summed E-state index contributed by atoms with van der Waals surface area (Å²) in [6.45, 7) is 5.57. The highest BCUT2D eigenvalue weighted by Crippen LogP contribution is 2.28. The molecule has 0 amide bonds. The Morgan fingerprint density at radius 2 is 2.44 bits per heavy atom. The normalized spacial score (nSPS) is 15.6. The van der Waals surface area contributed by atoms with Crippen LogP contribution in [-0.2, 0) is 18.0 Å². The molecule has 0 aliphatic heterocycles. The van der Waals surface area contributed by atoms with Crippen molar-refractivity contribution in [3.8, 4) is 0 Å². The van der Waals surface area contributed by atoms with Gasteiger partial charge < -0.3 is 14.6 Å². The van der Waals surface area contributed by atoms with E-state index in [0.29, 0.717) is 6.73 Å². The van der Waals surface area contributed by atoms with Crippen LogP contribution < -0.4 is 5.32 Å². The summed E-state index contributed by atoms with van der Waals surface area (Å²) in [4.78, 5) is 4.32. The van der Waals surface area contributed by atoms with Gasteiger partial charge in [0.2, 0.25) is 0 Å². The third-order valence-electron chi connectivity index (χ3n) is 2.79. The lowest BCUT2D eigenvalue weighted by molar-refractivity contribution is 0.0669. The van der Waals surface area contributed by atoms with Crippen LogP contribution in [0.2, 0.25) is 0 Å². The molecule has 0 radical (unpaired) electrons. The van der Waals surface area contributed by atoms with Gasteiger partial charge in [-0.3, -0.25) is 0 Å². The summed E-state index contributed by atoms with van der Waals surface area (Å²) in [5.74, 6) is 1.88. The van der Waals surface area contributed by atoms with Gasteiger partial charge in [-0.25, -0.2) is 4.98 Å². The Morgan fingerprint density at radius 1 is 1.56 bits per heavy atom. The Balaban J connectivity index is 1.71. The second-order valence-corrected chi connectivity index (χ2v) is 4.43. The third-order valence-corrected chi connectivity index (χ3v) is 2.79. The lowest BCUT2D eigenvalue weighted by Crippen LogP contribution is -2.18. The van der Waals surface area contributed by atoms with Crippen LogP contribution in [0.3, 0.4) is 0 Å². The van der Waals surface area contributed by atoms with Crippen LogP contribution in [0.15, 0.2) is 12.4 Å². The van der Waals surface area contributed by atoms with Crippen molar-refractivity contribution in [3.63, 3.8) is 0 Å². The molecule has 0 atom stereocenters. The minimum atomic E-state index is 0.639. The molecule has 0 aromatic carbocycles. The fourth-order valence-electron chi connectivity index (χ4n) is 1.60. The number of ether oxygens (including phenoxy) is 1. The number of hydrogen-bond donors (Lipinski definition) is 1. The Hall–Kier alpha value is -0.870. The molecule has 1 aliphatic rings. The van der Waals surface area contributed by atoms with Crippen molar-refractivity contribution in [1.29, 1.82) is 0 Å². The zero-order valence-electron chi connectivity index (χ0n) is 9.98. The second kappa shape index (κ2) is 6.01. The van der Waals surface area contributed by atoms with E-state index in [1.165, 1.54) is 12.8 Å². The van der Waals surface area contributed by atoms with Crippen molar-refractivity contribution >= 4 is 0 Å². The molecule has 0 unspecified atom stereocenters. The molecule has 0 saturated heterocycles. The molecular formula is C12H21N3O. The molecule has 90 valence electrons. The molecule has 1 aromatic heterocycles. The topological polar surface area (TPSA) is 39.1 Å². The molecular weight excluding hydrogens is 202 g/mol. The van der Waals surface area contributed by atoms with Crippen LogP contribution >= 0.6 is 0 Å². The molecule has 1 aliphatic carbocycles. The SMILES string of the molecule is CCCNCc1nccn1COCC1CC1. The number of hydrogen-bond acceptors (Lipinski definition) is 3. The Kier molecular flexibility index (Phi) is 4.36. The first-order chi connectivity index (χ1) is 7.90. The highest BCUT2D eigenvalue weighted by Gasteiger charge is 2.21.